The molecule has 0 aliphatic carbocycles. The van der Waals surface area contributed by atoms with Gasteiger partial charge in [0.1, 0.15) is 0 Å². The molecule has 1 saturated heterocycles. The Bertz CT molecular complexity index is 397. The minimum atomic E-state index is 0.321. The second-order valence-corrected chi connectivity index (χ2v) is 8.87. The predicted molar refractivity (Wildman–Crippen MR) is 83.1 cm³/mol. The monoisotopic (exact) mass is 330 g/mol. The van der Waals surface area contributed by atoms with Crippen LogP contribution in [0.1, 0.15) is 32.6 Å². The van der Waals surface area contributed by atoms with Gasteiger partial charge in [0.25, 0.3) is 0 Å². The summed E-state index contributed by atoms with van der Waals surface area (Å²) in [5.74, 6) is 0. The summed E-state index contributed by atoms with van der Waals surface area (Å²) < 4.78 is 1.23. The van der Waals surface area contributed by atoms with Gasteiger partial charge in [0, 0.05) is 36.6 Å². The van der Waals surface area contributed by atoms with Crippen molar-refractivity contribution in [1.29, 1.82) is 0 Å². The van der Waals surface area contributed by atoms with E-state index in [1.165, 1.54) is 8.66 Å². The van der Waals surface area contributed by atoms with E-state index in [0.717, 1.165) is 19.6 Å². The van der Waals surface area contributed by atoms with Gasteiger partial charge in [-0.3, -0.25) is 4.90 Å². The average Bonchev–Trinajstić information content (AvgIpc) is 2.62. The Balaban J connectivity index is 2.10. The molecule has 1 aromatic heterocycles. The van der Waals surface area contributed by atoms with Crippen molar-refractivity contribution in [3.63, 3.8) is 0 Å². The highest BCUT2D eigenvalue weighted by atomic mass is 79.9. The highest BCUT2D eigenvalue weighted by Gasteiger charge is 2.34. The average molecular weight is 331 g/mol. The molecule has 18 heavy (non-hydrogen) atoms. The fourth-order valence-corrected chi connectivity index (χ4v) is 4.16. The van der Waals surface area contributed by atoms with E-state index in [9.17, 15) is 0 Å². The Kier molecular flexibility index (Phi) is 4.52. The summed E-state index contributed by atoms with van der Waals surface area (Å²) >= 11 is 5.40. The maximum Gasteiger partial charge on any atom is 0.0701 e. The molecule has 102 valence electrons. The molecule has 2 heterocycles. The third kappa shape index (κ3) is 3.56. The summed E-state index contributed by atoms with van der Waals surface area (Å²) in [5, 5.41) is 3.61. The highest BCUT2D eigenvalue weighted by Crippen LogP contribution is 2.30. The zero-order chi connectivity index (χ0) is 13.3. The van der Waals surface area contributed by atoms with Crippen molar-refractivity contribution >= 4 is 27.3 Å². The quantitative estimate of drug-likeness (QED) is 0.889. The second kappa shape index (κ2) is 5.61. The van der Waals surface area contributed by atoms with Gasteiger partial charge >= 0.3 is 0 Å². The van der Waals surface area contributed by atoms with Gasteiger partial charge in [-0.1, -0.05) is 20.8 Å². The normalized spacial score (nSPS) is 26.5. The first-order valence-electron chi connectivity index (χ1n) is 6.58. The van der Waals surface area contributed by atoms with Gasteiger partial charge in [-0.25, -0.2) is 0 Å². The van der Waals surface area contributed by atoms with Crippen LogP contribution in [0, 0.1) is 5.41 Å². The first kappa shape index (κ1) is 14.5. The van der Waals surface area contributed by atoms with Crippen molar-refractivity contribution in [2.45, 2.75) is 46.3 Å². The van der Waals surface area contributed by atoms with Crippen LogP contribution >= 0.6 is 27.3 Å². The maximum absolute atomic E-state index is 3.61. The summed E-state index contributed by atoms with van der Waals surface area (Å²) in [6, 6.07) is 5.58. The molecule has 0 spiro atoms. The number of nitrogens with one attached hydrogen (secondary N) is 1. The SMILES string of the molecule is CC1CN(Cc2ccc(Br)s2)C(C(C)(C)C)CN1. The van der Waals surface area contributed by atoms with Gasteiger partial charge in [0.05, 0.1) is 3.79 Å². The molecular formula is C14H23BrN2S. The van der Waals surface area contributed by atoms with Gasteiger partial charge < -0.3 is 5.32 Å². The Hall–Kier alpha value is 0.1000. The molecule has 2 atom stereocenters. The molecule has 0 amide bonds. The smallest absolute Gasteiger partial charge is 0.0701 e. The van der Waals surface area contributed by atoms with Crippen LogP contribution in [0.25, 0.3) is 0 Å². The van der Waals surface area contributed by atoms with Crippen LogP contribution in [0.2, 0.25) is 0 Å². The van der Waals surface area contributed by atoms with E-state index in [-0.39, 0.29) is 0 Å². The molecule has 4 heteroatoms. The topological polar surface area (TPSA) is 15.3 Å². The fraction of sp³-hybridized carbons (Fsp3) is 0.714. The van der Waals surface area contributed by atoms with Crippen molar-refractivity contribution < 1.29 is 0 Å². The molecule has 0 aromatic carbocycles. The molecule has 0 saturated carbocycles. The Morgan fingerprint density at radius 3 is 2.72 bits per heavy atom. The number of thiophene rings is 1. The number of rotatable bonds is 2. The van der Waals surface area contributed by atoms with Crippen LogP contribution in [0.15, 0.2) is 15.9 Å². The first-order chi connectivity index (χ1) is 8.36. The van der Waals surface area contributed by atoms with Crippen LogP contribution in [0.5, 0.6) is 0 Å². The van der Waals surface area contributed by atoms with Crippen LogP contribution in [-0.4, -0.2) is 30.1 Å². The van der Waals surface area contributed by atoms with Crippen molar-refractivity contribution in [3.8, 4) is 0 Å². The lowest BCUT2D eigenvalue weighted by atomic mass is 9.84. The third-order valence-electron chi connectivity index (χ3n) is 3.60. The molecular weight excluding hydrogens is 308 g/mol. The molecule has 2 rings (SSSR count). The number of halogens is 1. The molecule has 1 N–H and O–H groups in total. The standard InChI is InChI=1S/C14H23BrN2S/c1-10-8-17(9-11-5-6-13(15)18-11)12(7-16-10)14(2,3)4/h5-6,10,12,16H,7-9H2,1-4H3. The van der Waals surface area contributed by atoms with E-state index in [1.807, 2.05) is 11.3 Å². The van der Waals surface area contributed by atoms with Crippen molar-refractivity contribution in [2.24, 2.45) is 5.41 Å². The van der Waals surface area contributed by atoms with Crippen molar-refractivity contribution in [1.82, 2.24) is 10.2 Å². The molecule has 0 radical (unpaired) electrons. The Labute approximate surface area is 123 Å². The predicted octanol–water partition coefficient (Wildman–Crippen LogP) is 3.72. The lowest BCUT2D eigenvalue weighted by Crippen LogP contribution is -2.59. The highest BCUT2D eigenvalue weighted by molar-refractivity contribution is 9.11. The van der Waals surface area contributed by atoms with Crippen molar-refractivity contribution in [3.05, 3.63) is 20.8 Å². The lowest BCUT2D eigenvalue weighted by molar-refractivity contribution is 0.0534. The first-order valence-corrected chi connectivity index (χ1v) is 8.19. The molecule has 2 nitrogen and oxygen atoms in total. The summed E-state index contributed by atoms with van der Waals surface area (Å²) in [6.45, 7) is 12.6. The number of hydrogen-bond donors (Lipinski definition) is 1. The number of nitrogens with zero attached hydrogens (tertiary/aromatic N) is 1. The Morgan fingerprint density at radius 2 is 2.17 bits per heavy atom. The second-order valence-electron chi connectivity index (χ2n) is 6.33. The summed E-state index contributed by atoms with van der Waals surface area (Å²) in [6.07, 6.45) is 0. The minimum absolute atomic E-state index is 0.321. The summed E-state index contributed by atoms with van der Waals surface area (Å²) in [5.41, 5.74) is 0.321. The zero-order valence-corrected chi connectivity index (χ0v) is 14.1. The molecule has 1 aliphatic heterocycles. The van der Waals surface area contributed by atoms with E-state index in [2.05, 4.69) is 66.0 Å². The van der Waals surface area contributed by atoms with Crippen LogP contribution in [-0.2, 0) is 6.54 Å². The number of piperazine rings is 1. The minimum Gasteiger partial charge on any atom is -0.311 e. The van der Waals surface area contributed by atoms with Crippen LogP contribution < -0.4 is 5.32 Å². The van der Waals surface area contributed by atoms with Crippen LogP contribution in [0.3, 0.4) is 0 Å². The number of hydrogen-bond acceptors (Lipinski definition) is 3. The van der Waals surface area contributed by atoms with E-state index >= 15 is 0 Å². The lowest BCUT2D eigenvalue weighted by Gasteiger charge is -2.45. The molecule has 1 aromatic rings. The molecule has 2 unspecified atom stereocenters. The van der Waals surface area contributed by atoms with E-state index in [4.69, 9.17) is 0 Å². The summed E-state index contributed by atoms with van der Waals surface area (Å²) in [4.78, 5) is 4.09. The summed E-state index contributed by atoms with van der Waals surface area (Å²) in [7, 11) is 0. The maximum atomic E-state index is 3.61. The third-order valence-corrected chi connectivity index (χ3v) is 5.20. The van der Waals surface area contributed by atoms with Gasteiger partial charge in [0.2, 0.25) is 0 Å². The van der Waals surface area contributed by atoms with Gasteiger partial charge in [-0.05, 0) is 40.4 Å². The Morgan fingerprint density at radius 1 is 1.44 bits per heavy atom. The molecule has 1 aliphatic rings. The van der Waals surface area contributed by atoms with Crippen molar-refractivity contribution in [2.75, 3.05) is 13.1 Å². The van der Waals surface area contributed by atoms with Gasteiger partial charge in [-0.15, -0.1) is 11.3 Å². The van der Waals surface area contributed by atoms with E-state index < -0.39 is 0 Å². The zero-order valence-electron chi connectivity index (χ0n) is 11.7. The van der Waals surface area contributed by atoms with Gasteiger partial charge in [0.15, 0.2) is 0 Å². The van der Waals surface area contributed by atoms with Gasteiger partial charge in [-0.2, -0.15) is 0 Å². The largest absolute Gasteiger partial charge is 0.311 e. The van der Waals surface area contributed by atoms with E-state index in [0.29, 0.717) is 17.5 Å². The molecule has 0 bridgehead atoms. The molecule has 1 fully saturated rings. The van der Waals surface area contributed by atoms with Crippen LogP contribution in [0.4, 0.5) is 0 Å². The van der Waals surface area contributed by atoms with E-state index in [1.54, 1.807) is 0 Å². The fourth-order valence-electron chi connectivity index (χ4n) is 2.65.